The predicted molar refractivity (Wildman–Crippen MR) is 166 cm³/mol. The van der Waals surface area contributed by atoms with E-state index < -0.39 is 0 Å². The van der Waals surface area contributed by atoms with Gasteiger partial charge in [-0.05, 0) is 55.2 Å². The van der Waals surface area contributed by atoms with Crippen molar-refractivity contribution in [1.29, 1.82) is 0 Å². The summed E-state index contributed by atoms with van der Waals surface area (Å²) in [6.45, 7) is 4.12. The molecule has 2 atom stereocenters. The standard InChI is InChI=1S/C34H36ClFN4O3/c1-43-32-11-4-10-29-30(34(42)37-18-23-6-2-9-26(36)16-23)21-39(33(29)32)14-5-15-40-27-12-13-28(40)20-38(19-27)22-31(41)24-7-3-8-25(35)17-24/h2-4,6-11,16-17,21,27-28H,5,12-15,18-20,22H2,1H3,(H,37,42). The maximum atomic E-state index is 13.6. The molecule has 2 fully saturated rings. The van der Waals surface area contributed by atoms with Gasteiger partial charge in [0.05, 0.1) is 24.7 Å². The van der Waals surface area contributed by atoms with Crippen LogP contribution >= 0.6 is 11.6 Å². The molecule has 0 radical (unpaired) electrons. The van der Waals surface area contributed by atoms with E-state index in [-0.39, 0.29) is 24.1 Å². The van der Waals surface area contributed by atoms with Crippen molar-refractivity contribution in [3.05, 3.63) is 100 Å². The Morgan fingerprint density at radius 2 is 1.77 bits per heavy atom. The number of rotatable bonds is 11. The van der Waals surface area contributed by atoms with Gasteiger partial charge in [0.25, 0.3) is 5.91 Å². The number of methoxy groups -OCH3 is 1. The van der Waals surface area contributed by atoms with Gasteiger partial charge in [-0.1, -0.05) is 48.0 Å². The number of carbonyl (C=O) groups is 2. The molecule has 3 aromatic carbocycles. The topological polar surface area (TPSA) is 66.8 Å². The molecule has 224 valence electrons. The van der Waals surface area contributed by atoms with E-state index in [1.54, 1.807) is 31.4 Å². The predicted octanol–water partition coefficient (Wildman–Crippen LogP) is 5.79. The van der Waals surface area contributed by atoms with Gasteiger partial charge >= 0.3 is 0 Å². The minimum absolute atomic E-state index is 0.111. The molecule has 1 N–H and O–H groups in total. The zero-order chi connectivity index (χ0) is 29.9. The average molecular weight is 603 g/mol. The minimum Gasteiger partial charge on any atom is -0.495 e. The second-order valence-electron chi connectivity index (χ2n) is 11.5. The van der Waals surface area contributed by atoms with Gasteiger partial charge in [-0.3, -0.25) is 19.4 Å². The Labute approximate surface area is 256 Å². The van der Waals surface area contributed by atoms with Crippen molar-refractivity contribution < 1.29 is 18.7 Å². The molecular formula is C34H36ClFN4O3. The first-order chi connectivity index (χ1) is 20.9. The highest BCUT2D eigenvalue weighted by Crippen LogP contribution is 2.32. The van der Waals surface area contributed by atoms with Crippen LogP contribution in [-0.4, -0.2) is 71.4 Å². The van der Waals surface area contributed by atoms with Crippen molar-refractivity contribution in [3.63, 3.8) is 0 Å². The Morgan fingerprint density at radius 1 is 1.00 bits per heavy atom. The van der Waals surface area contributed by atoms with E-state index in [2.05, 4.69) is 19.7 Å². The van der Waals surface area contributed by atoms with E-state index in [4.69, 9.17) is 16.3 Å². The largest absolute Gasteiger partial charge is 0.495 e. The second kappa shape index (κ2) is 12.9. The Bertz CT molecular complexity index is 1630. The molecule has 3 heterocycles. The summed E-state index contributed by atoms with van der Waals surface area (Å²) in [4.78, 5) is 31.0. The van der Waals surface area contributed by atoms with Crippen LogP contribution in [0.3, 0.4) is 0 Å². The number of fused-ring (bicyclic) bond motifs is 3. The summed E-state index contributed by atoms with van der Waals surface area (Å²) in [6, 6.07) is 20.1. The molecule has 6 rings (SSSR count). The second-order valence-corrected chi connectivity index (χ2v) is 11.9. The van der Waals surface area contributed by atoms with Gasteiger partial charge in [0.1, 0.15) is 11.6 Å². The van der Waals surface area contributed by atoms with Crippen LogP contribution in [0.15, 0.2) is 72.9 Å². The molecule has 9 heteroatoms. The van der Waals surface area contributed by atoms with Crippen molar-refractivity contribution in [2.24, 2.45) is 0 Å². The van der Waals surface area contributed by atoms with E-state index in [0.717, 1.165) is 62.1 Å². The lowest BCUT2D eigenvalue weighted by atomic mass is 10.1. The molecular weight excluding hydrogens is 567 g/mol. The van der Waals surface area contributed by atoms with Crippen LogP contribution in [0.25, 0.3) is 10.9 Å². The minimum atomic E-state index is -0.325. The molecule has 0 spiro atoms. The van der Waals surface area contributed by atoms with Crippen LogP contribution in [0.2, 0.25) is 5.02 Å². The Hall–Kier alpha value is -3.72. The maximum Gasteiger partial charge on any atom is 0.253 e. The molecule has 1 aromatic heterocycles. The van der Waals surface area contributed by atoms with Crippen LogP contribution in [0, 0.1) is 5.82 Å². The van der Waals surface area contributed by atoms with Crippen molar-refractivity contribution in [1.82, 2.24) is 19.7 Å². The normalized spacial score (nSPS) is 18.7. The number of ketones is 1. The monoisotopic (exact) mass is 602 g/mol. The Balaban J connectivity index is 1.09. The fourth-order valence-electron chi connectivity index (χ4n) is 6.72. The highest BCUT2D eigenvalue weighted by molar-refractivity contribution is 6.31. The van der Waals surface area contributed by atoms with E-state index in [1.165, 1.54) is 12.1 Å². The molecule has 43 heavy (non-hydrogen) atoms. The molecule has 0 saturated carbocycles. The smallest absolute Gasteiger partial charge is 0.253 e. The lowest BCUT2D eigenvalue weighted by molar-refractivity contribution is 0.0588. The molecule has 2 bridgehead atoms. The highest BCUT2D eigenvalue weighted by Gasteiger charge is 2.39. The summed E-state index contributed by atoms with van der Waals surface area (Å²) in [6.07, 6.45) is 5.10. The molecule has 1 amide bonds. The first kappa shape index (κ1) is 29.4. The van der Waals surface area contributed by atoms with Crippen molar-refractivity contribution in [3.8, 4) is 5.75 Å². The molecule has 4 aromatic rings. The summed E-state index contributed by atoms with van der Waals surface area (Å²) in [5, 5.41) is 4.35. The van der Waals surface area contributed by atoms with E-state index in [0.29, 0.717) is 40.3 Å². The molecule has 2 aliphatic heterocycles. The number of ether oxygens (including phenoxy) is 1. The third-order valence-electron chi connectivity index (χ3n) is 8.71. The fourth-order valence-corrected chi connectivity index (χ4v) is 6.91. The van der Waals surface area contributed by atoms with Crippen LogP contribution in [-0.2, 0) is 13.1 Å². The van der Waals surface area contributed by atoms with Gasteiger partial charge in [-0.25, -0.2) is 4.39 Å². The highest BCUT2D eigenvalue weighted by atomic mass is 35.5. The number of benzene rings is 3. The number of hydrogen-bond donors (Lipinski definition) is 1. The van der Waals surface area contributed by atoms with Gasteiger partial charge in [-0.2, -0.15) is 0 Å². The quantitative estimate of drug-likeness (QED) is 0.220. The van der Waals surface area contributed by atoms with E-state index in [9.17, 15) is 14.0 Å². The lowest BCUT2D eigenvalue weighted by Gasteiger charge is -2.41. The number of aromatic nitrogens is 1. The Morgan fingerprint density at radius 3 is 2.51 bits per heavy atom. The van der Waals surface area contributed by atoms with Gasteiger partial charge in [0.15, 0.2) is 5.78 Å². The molecule has 2 saturated heterocycles. The van der Waals surface area contributed by atoms with Gasteiger partial charge in [0.2, 0.25) is 0 Å². The third-order valence-corrected chi connectivity index (χ3v) is 8.94. The molecule has 7 nitrogen and oxygen atoms in total. The number of carbonyl (C=O) groups excluding carboxylic acids is 2. The molecule has 2 aliphatic rings. The first-order valence-corrected chi connectivity index (χ1v) is 15.2. The number of hydrogen-bond acceptors (Lipinski definition) is 5. The SMILES string of the molecule is COc1cccc2c(C(=O)NCc3cccc(F)c3)cn(CCCN3C4CCC3CN(CC(=O)c3cccc(Cl)c3)C4)c12. The van der Waals surface area contributed by atoms with Crippen molar-refractivity contribution >= 4 is 34.2 Å². The summed E-state index contributed by atoms with van der Waals surface area (Å²) in [5.41, 5.74) is 2.84. The van der Waals surface area contributed by atoms with Crippen LogP contribution in [0.1, 0.15) is 45.5 Å². The van der Waals surface area contributed by atoms with Gasteiger partial charge < -0.3 is 14.6 Å². The summed E-state index contributed by atoms with van der Waals surface area (Å²) in [5.74, 6) is 0.302. The van der Waals surface area contributed by atoms with E-state index >= 15 is 0 Å². The number of amides is 1. The van der Waals surface area contributed by atoms with Gasteiger partial charge in [-0.15, -0.1) is 0 Å². The zero-order valence-electron chi connectivity index (χ0n) is 24.3. The number of nitrogens with zero attached hydrogens (tertiary/aromatic N) is 3. The molecule has 0 aliphatic carbocycles. The number of piperazine rings is 1. The summed E-state index contributed by atoms with van der Waals surface area (Å²) >= 11 is 6.10. The summed E-state index contributed by atoms with van der Waals surface area (Å²) < 4.78 is 21.4. The number of aryl methyl sites for hydroxylation is 1. The number of Topliss-reactive ketones (excluding diaryl/α,β-unsaturated/α-hetero) is 1. The Kier molecular flexibility index (Phi) is 8.79. The zero-order valence-corrected chi connectivity index (χ0v) is 25.0. The first-order valence-electron chi connectivity index (χ1n) is 14.8. The summed E-state index contributed by atoms with van der Waals surface area (Å²) in [7, 11) is 1.64. The molecule has 2 unspecified atom stereocenters. The van der Waals surface area contributed by atoms with Crippen LogP contribution < -0.4 is 10.1 Å². The maximum absolute atomic E-state index is 13.6. The number of para-hydroxylation sites is 1. The van der Waals surface area contributed by atoms with Gasteiger partial charge in [0, 0.05) is 67.0 Å². The third kappa shape index (κ3) is 6.47. The number of nitrogens with one attached hydrogen (secondary N) is 1. The number of halogens is 2. The average Bonchev–Trinajstić information content (AvgIpc) is 3.49. The van der Waals surface area contributed by atoms with Crippen LogP contribution in [0.5, 0.6) is 5.75 Å². The van der Waals surface area contributed by atoms with Crippen molar-refractivity contribution in [2.75, 3.05) is 33.3 Å². The van der Waals surface area contributed by atoms with Crippen molar-refractivity contribution in [2.45, 2.75) is 44.4 Å². The lowest BCUT2D eigenvalue weighted by Crippen LogP contribution is -2.54. The van der Waals surface area contributed by atoms with Crippen LogP contribution in [0.4, 0.5) is 4.39 Å². The van der Waals surface area contributed by atoms with E-state index in [1.807, 2.05) is 36.5 Å². The fraction of sp³-hybridized carbons (Fsp3) is 0.353. The number of likely N-dealkylation sites (tertiary alicyclic amines) is 1.